The zero-order valence-electron chi connectivity index (χ0n) is 10.5. The highest BCUT2D eigenvalue weighted by Crippen LogP contribution is 2.23. The lowest BCUT2D eigenvalue weighted by molar-refractivity contribution is 0.686. The summed E-state index contributed by atoms with van der Waals surface area (Å²) in [5.41, 5.74) is 3.01. The molecule has 4 aromatic rings. The third-order valence-electron chi connectivity index (χ3n) is 3.35. The molecule has 0 aliphatic heterocycles. The first-order chi connectivity index (χ1) is 9.81. The van der Waals surface area contributed by atoms with Crippen molar-refractivity contribution in [1.82, 2.24) is 19.7 Å². The number of nitrogens with one attached hydrogen (secondary N) is 1. The van der Waals surface area contributed by atoms with Gasteiger partial charge in [-0.15, -0.1) is 0 Å². The van der Waals surface area contributed by atoms with Crippen molar-refractivity contribution in [3.8, 4) is 0 Å². The van der Waals surface area contributed by atoms with Gasteiger partial charge in [0.05, 0.1) is 23.1 Å². The maximum Gasteiger partial charge on any atom is 0.158 e. The van der Waals surface area contributed by atoms with Gasteiger partial charge in [0.1, 0.15) is 5.82 Å². The molecule has 2 aromatic carbocycles. The molecule has 0 saturated heterocycles. The van der Waals surface area contributed by atoms with Gasteiger partial charge in [-0.25, -0.2) is 4.98 Å². The van der Waals surface area contributed by atoms with Gasteiger partial charge in [0.25, 0.3) is 0 Å². The zero-order valence-corrected chi connectivity index (χ0v) is 11.3. The van der Waals surface area contributed by atoms with E-state index in [1.54, 1.807) is 0 Å². The van der Waals surface area contributed by atoms with Crippen molar-refractivity contribution in [1.29, 1.82) is 0 Å². The number of hydrogen-bond donors (Lipinski definition) is 1. The summed E-state index contributed by atoms with van der Waals surface area (Å²) in [4.78, 5) is 7.87. The predicted molar refractivity (Wildman–Crippen MR) is 79.9 cm³/mol. The first-order valence-corrected chi connectivity index (χ1v) is 6.74. The van der Waals surface area contributed by atoms with Gasteiger partial charge >= 0.3 is 0 Å². The summed E-state index contributed by atoms with van der Waals surface area (Å²) in [6, 6.07) is 15.9. The maximum absolute atomic E-state index is 6.16. The quantitative estimate of drug-likeness (QED) is 0.610. The second kappa shape index (κ2) is 4.35. The van der Waals surface area contributed by atoms with E-state index >= 15 is 0 Å². The Morgan fingerprint density at radius 3 is 2.75 bits per heavy atom. The molecule has 0 bridgehead atoms. The Morgan fingerprint density at radius 1 is 1.05 bits per heavy atom. The minimum Gasteiger partial charge on any atom is -0.340 e. The molecular weight excluding hydrogens is 272 g/mol. The molecule has 0 unspecified atom stereocenters. The topological polar surface area (TPSA) is 46.5 Å². The van der Waals surface area contributed by atoms with Crippen LogP contribution >= 0.6 is 11.6 Å². The van der Waals surface area contributed by atoms with Gasteiger partial charge in [-0.1, -0.05) is 35.9 Å². The number of H-pyrrole nitrogens is 1. The summed E-state index contributed by atoms with van der Waals surface area (Å²) in [6.45, 7) is 0.571. The van der Waals surface area contributed by atoms with Crippen molar-refractivity contribution >= 4 is 33.5 Å². The van der Waals surface area contributed by atoms with Crippen LogP contribution in [-0.4, -0.2) is 19.7 Å². The number of nitrogens with zero attached hydrogens (tertiary/aromatic N) is 3. The lowest BCUT2D eigenvalue weighted by Crippen LogP contribution is -2.02. The van der Waals surface area contributed by atoms with Crippen LogP contribution in [0.4, 0.5) is 0 Å². The van der Waals surface area contributed by atoms with E-state index in [-0.39, 0.29) is 0 Å². The fourth-order valence-electron chi connectivity index (χ4n) is 2.43. The van der Waals surface area contributed by atoms with Crippen LogP contribution in [0.25, 0.3) is 21.9 Å². The maximum atomic E-state index is 6.16. The number of para-hydroxylation sites is 3. The highest BCUT2D eigenvalue weighted by Gasteiger charge is 2.10. The standard InChI is InChI=1S/C15H11ClN4/c16-15-10-5-1-4-8-13(10)20(19-15)9-14-17-11-6-2-3-7-12(11)18-14/h1-8H,9H2,(H,17,18). The van der Waals surface area contributed by atoms with Crippen LogP contribution in [-0.2, 0) is 6.54 Å². The Morgan fingerprint density at radius 2 is 1.85 bits per heavy atom. The van der Waals surface area contributed by atoms with Gasteiger partial charge in [0.15, 0.2) is 5.15 Å². The van der Waals surface area contributed by atoms with Crippen molar-refractivity contribution in [2.45, 2.75) is 6.54 Å². The van der Waals surface area contributed by atoms with Gasteiger partial charge in [0.2, 0.25) is 0 Å². The van der Waals surface area contributed by atoms with Crippen LogP contribution in [0.5, 0.6) is 0 Å². The van der Waals surface area contributed by atoms with Crippen LogP contribution in [0, 0.1) is 0 Å². The van der Waals surface area contributed by atoms with Crippen molar-refractivity contribution in [2.24, 2.45) is 0 Å². The summed E-state index contributed by atoms with van der Waals surface area (Å²) in [6.07, 6.45) is 0. The Labute approximate surface area is 120 Å². The molecule has 0 radical (unpaired) electrons. The molecule has 98 valence electrons. The smallest absolute Gasteiger partial charge is 0.158 e. The van der Waals surface area contributed by atoms with E-state index in [9.17, 15) is 0 Å². The molecule has 0 fully saturated rings. The third-order valence-corrected chi connectivity index (χ3v) is 3.63. The number of benzene rings is 2. The Kier molecular flexibility index (Phi) is 2.50. The van der Waals surface area contributed by atoms with E-state index in [2.05, 4.69) is 15.1 Å². The highest BCUT2D eigenvalue weighted by molar-refractivity contribution is 6.34. The average Bonchev–Trinajstić information content (AvgIpc) is 3.01. The number of hydrogen-bond acceptors (Lipinski definition) is 2. The molecule has 0 saturated carbocycles. The number of halogens is 1. The molecule has 5 heteroatoms. The Hall–Kier alpha value is -2.33. The number of aromatic amines is 1. The predicted octanol–water partition coefficient (Wildman–Crippen LogP) is 3.61. The summed E-state index contributed by atoms with van der Waals surface area (Å²) in [5, 5.41) is 5.87. The molecule has 0 aliphatic rings. The van der Waals surface area contributed by atoms with Gasteiger partial charge in [-0.3, -0.25) is 4.68 Å². The lowest BCUT2D eigenvalue weighted by Gasteiger charge is -1.99. The van der Waals surface area contributed by atoms with Gasteiger partial charge in [0, 0.05) is 5.39 Å². The van der Waals surface area contributed by atoms with Crippen LogP contribution in [0.3, 0.4) is 0 Å². The number of aromatic nitrogens is 4. The van der Waals surface area contributed by atoms with E-state index in [0.29, 0.717) is 11.7 Å². The van der Waals surface area contributed by atoms with Crippen molar-refractivity contribution in [3.63, 3.8) is 0 Å². The van der Waals surface area contributed by atoms with E-state index in [4.69, 9.17) is 11.6 Å². The molecular formula is C15H11ClN4. The zero-order chi connectivity index (χ0) is 13.5. The number of rotatable bonds is 2. The second-order valence-corrected chi connectivity index (χ2v) is 5.02. The SMILES string of the molecule is Clc1nn(Cc2nc3ccccc3[nH]2)c2ccccc12. The van der Waals surface area contributed by atoms with Gasteiger partial charge in [-0.05, 0) is 24.3 Å². The van der Waals surface area contributed by atoms with Crippen molar-refractivity contribution in [3.05, 3.63) is 59.5 Å². The minimum atomic E-state index is 0.525. The van der Waals surface area contributed by atoms with Crippen molar-refractivity contribution < 1.29 is 0 Å². The van der Waals surface area contributed by atoms with Crippen LogP contribution in [0.15, 0.2) is 48.5 Å². The monoisotopic (exact) mass is 282 g/mol. The lowest BCUT2D eigenvalue weighted by atomic mass is 10.2. The summed E-state index contributed by atoms with van der Waals surface area (Å²) >= 11 is 6.16. The second-order valence-electron chi connectivity index (χ2n) is 4.67. The first-order valence-electron chi connectivity index (χ1n) is 6.36. The van der Waals surface area contributed by atoms with Crippen molar-refractivity contribution in [2.75, 3.05) is 0 Å². The largest absolute Gasteiger partial charge is 0.340 e. The fraction of sp³-hybridized carbons (Fsp3) is 0.0667. The van der Waals surface area contributed by atoms with E-state index in [0.717, 1.165) is 27.8 Å². The van der Waals surface area contributed by atoms with E-state index in [1.807, 2.05) is 53.2 Å². The molecule has 1 N–H and O–H groups in total. The molecule has 2 heterocycles. The molecule has 4 nitrogen and oxygen atoms in total. The van der Waals surface area contributed by atoms with E-state index < -0.39 is 0 Å². The Bertz CT molecular complexity index is 873. The highest BCUT2D eigenvalue weighted by atomic mass is 35.5. The molecule has 4 rings (SSSR count). The molecule has 0 aliphatic carbocycles. The summed E-state index contributed by atoms with van der Waals surface area (Å²) in [5.74, 6) is 0.871. The molecule has 0 atom stereocenters. The molecule has 2 aromatic heterocycles. The van der Waals surface area contributed by atoms with Gasteiger partial charge < -0.3 is 4.98 Å². The summed E-state index contributed by atoms with van der Waals surface area (Å²) < 4.78 is 1.87. The van der Waals surface area contributed by atoms with Crippen LogP contribution in [0.1, 0.15) is 5.82 Å². The number of imidazole rings is 1. The first kappa shape index (κ1) is 11.5. The van der Waals surface area contributed by atoms with E-state index in [1.165, 1.54) is 0 Å². The minimum absolute atomic E-state index is 0.525. The van der Waals surface area contributed by atoms with Crippen LogP contribution < -0.4 is 0 Å². The molecule has 0 spiro atoms. The van der Waals surface area contributed by atoms with Crippen LogP contribution in [0.2, 0.25) is 5.15 Å². The average molecular weight is 283 g/mol. The number of fused-ring (bicyclic) bond motifs is 2. The fourth-order valence-corrected chi connectivity index (χ4v) is 2.68. The molecule has 20 heavy (non-hydrogen) atoms. The molecule has 0 amide bonds. The van der Waals surface area contributed by atoms with Gasteiger partial charge in [-0.2, -0.15) is 5.10 Å². The third kappa shape index (κ3) is 1.77. The Balaban J connectivity index is 1.80. The summed E-state index contributed by atoms with van der Waals surface area (Å²) in [7, 11) is 0. The normalized spacial score (nSPS) is 11.4.